The molecular formula is C10H18N2. The largest absolute Gasteiger partial charge is 0.343 e. The monoisotopic (exact) mass is 166 g/mol. The second-order valence-electron chi connectivity index (χ2n) is 5.33. The van der Waals surface area contributed by atoms with Gasteiger partial charge in [-0.1, -0.05) is 13.8 Å². The van der Waals surface area contributed by atoms with E-state index in [0.717, 1.165) is 0 Å². The van der Waals surface area contributed by atoms with Gasteiger partial charge in [-0.2, -0.15) is 0 Å². The molecule has 2 fully saturated rings. The Morgan fingerprint density at radius 2 is 1.92 bits per heavy atom. The van der Waals surface area contributed by atoms with Crippen LogP contribution in [0.3, 0.4) is 0 Å². The second-order valence-corrected chi connectivity index (χ2v) is 5.33. The van der Waals surface area contributed by atoms with Crippen molar-refractivity contribution in [3.05, 3.63) is 0 Å². The van der Waals surface area contributed by atoms with Gasteiger partial charge in [-0.25, -0.2) is 0 Å². The van der Waals surface area contributed by atoms with Crippen molar-refractivity contribution in [3.8, 4) is 0 Å². The molecule has 0 radical (unpaired) electrons. The van der Waals surface area contributed by atoms with E-state index in [1.54, 1.807) is 0 Å². The molecule has 2 heterocycles. The third-order valence-electron chi connectivity index (χ3n) is 3.19. The number of amidine groups is 1. The zero-order valence-corrected chi connectivity index (χ0v) is 8.68. The highest BCUT2D eigenvalue weighted by Gasteiger charge is 2.64. The molecule has 0 saturated carbocycles. The van der Waals surface area contributed by atoms with Crippen LogP contribution in [0.2, 0.25) is 0 Å². The maximum atomic E-state index is 4.32. The predicted molar refractivity (Wildman–Crippen MR) is 51.5 cm³/mol. The molecule has 1 unspecified atom stereocenters. The Bertz CT molecular complexity index is 229. The lowest BCUT2D eigenvalue weighted by Gasteiger charge is -2.26. The summed E-state index contributed by atoms with van der Waals surface area (Å²) in [4.78, 5) is 6.78. The molecule has 0 N–H and O–H groups in total. The van der Waals surface area contributed by atoms with E-state index in [-0.39, 0.29) is 0 Å². The molecule has 2 aliphatic rings. The Kier molecular flexibility index (Phi) is 1.25. The standard InChI is InChI=1S/C10H18N2/c1-9(2)6-10(3,4)12-7(9)8(12)11-5/h7H,6H2,1-5H3. The first-order chi connectivity index (χ1) is 5.40. The predicted octanol–water partition coefficient (Wildman–Crippen LogP) is 1.91. The molecular weight excluding hydrogens is 148 g/mol. The van der Waals surface area contributed by atoms with Crippen LogP contribution in [0.1, 0.15) is 34.1 Å². The first-order valence-corrected chi connectivity index (χ1v) is 4.66. The molecule has 0 bridgehead atoms. The molecule has 0 aromatic heterocycles. The van der Waals surface area contributed by atoms with Gasteiger partial charge in [0.25, 0.3) is 0 Å². The summed E-state index contributed by atoms with van der Waals surface area (Å²) in [7, 11) is 1.90. The summed E-state index contributed by atoms with van der Waals surface area (Å²) in [5.41, 5.74) is 0.765. The van der Waals surface area contributed by atoms with Gasteiger partial charge in [0.1, 0.15) is 5.84 Å². The minimum atomic E-state index is 0.336. The Labute approximate surface area is 74.7 Å². The Morgan fingerprint density at radius 1 is 1.33 bits per heavy atom. The van der Waals surface area contributed by atoms with Crippen molar-refractivity contribution in [3.63, 3.8) is 0 Å². The third kappa shape index (κ3) is 0.782. The molecule has 2 rings (SSSR count). The quantitative estimate of drug-likeness (QED) is 0.502. The molecule has 2 heteroatoms. The van der Waals surface area contributed by atoms with Gasteiger partial charge in [-0.3, -0.25) is 4.99 Å². The molecule has 2 aliphatic heterocycles. The van der Waals surface area contributed by atoms with Crippen molar-refractivity contribution in [1.82, 2.24) is 4.90 Å². The average Bonchev–Trinajstić information content (AvgIpc) is 2.53. The van der Waals surface area contributed by atoms with Gasteiger partial charge in [0, 0.05) is 12.6 Å². The Balaban J connectivity index is 2.34. The van der Waals surface area contributed by atoms with Gasteiger partial charge in [0.2, 0.25) is 0 Å². The highest BCUT2D eigenvalue weighted by atomic mass is 15.4. The van der Waals surface area contributed by atoms with E-state index >= 15 is 0 Å². The van der Waals surface area contributed by atoms with E-state index in [0.29, 0.717) is 17.0 Å². The lowest BCUT2D eigenvalue weighted by atomic mass is 9.81. The number of hydrogen-bond donors (Lipinski definition) is 0. The van der Waals surface area contributed by atoms with Crippen molar-refractivity contribution in [2.75, 3.05) is 7.05 Å². The van der Waals surface area contributed by atoms with Crippen LogP contribution >= 0.6 is 0 Å². The minimum absolute atomic E-state index is 0.336. The number of piperidine rings is 1. The van der Waals surface area contributed by atoms with E-state index < -0.39 is 0 Å². The molecule has 0 aliphatic carbocycles. The average molecular weight is 166 g/mol. The number of rotatable bonds is 0. The van der Waals surface area contributed by atoms with Crippen molar-refractivity contribution in [2.24, 2.45) is 10.4 Å². The summed E-state index contributed by atoms with van der Waals surface area (Å²) in [6.45, 7) is 9.31. The minimum Gasteiger partial charge on any atom is -0.343 e. The van der Waals surface area contributed by atoms with Crippen LogP contribution in [0.25, 0.3) is 0 Å². The molecule has 2 nitrogen and oxygen atoms in total. The zero-order valence-electron chi connectivity index (χ0n) is 8.68. The van der Waals surface area contributed by atoms with Crippen LogP contribution in [0, 0.1) is 5.41 Å². The van der Waals surface area contributed by atoms with Crippen LogP contribution in [0.5, 0.6) is 0 Å². The van der Waals surface area contributed by atoms with E-state index in [1.165, 1.54) is 12.3 Å². The molecule has 0 aromatic rings. The smallest absolute Gasteiger partial charge is 0.123 e. The van der Waals surface area contributed by atoms with E-state index in [9.17, 15) is 0 Å². The number of fused-ring (bicyclic) bond motifs is 1. The molecule has 1 atom stereocenters. The van der Waals surface area contributed by atoms with Crippen LogP contribution in [0.15, 0.2) is 4.99 Å². The van der Waals surface area contributed by atoms with Gasteiger partial charge in [-0.05, 0) is 25.7 Å². The second kappa shape index (κ2) is 1.86. The maximum absolute atomic E-state index is 4.32. The molecule has 0 aromatic carbocycles. The number of nitrogens with zero attached hydrogens (tertiary/aromatic N) is 2. The molecule has 68 valence electrons. The van der Waals surface area contributed by atoms with Gasteiger partial charge in [0.05, 0.1) is 6.04 Å². The van der Waals surface area contributed by atoms with Crippen molar-refractivity contribution < 1.29 is 0 Å². The van der Waals surface area contributed by atoms with Crippen molar-refractivity contribution in [2.45, 2.75) is 45.7 Å². The molecule has 12 heavy (non-hydrogen) atoms. The molecule has 2 saturated heterocycles. The first-order valence-electron chi connectivity index (χ1n) is 4.66. The van der Waals surface area contributed by atoms with Gasteiger partial charge in [0.15, 0.2) is 0 Å². The van der Waals surface area contributed by atoms with Gasteiger partial charge < -0.3 is 4.90 Å². The Hall–Kier alpha value is -0.530. The summed E-state index contributed by atoms with van der Waals surface area (Å²) in [6, 6.07) is 0.637. The van der Waals surface area contributed by atoms with Crippen molar-refractivity contribution >= 4 is 5.84 Å². The summed E-state index contributed by atoms with van der Waals surface area (Å²) in [6.07, 6.45) is 1.28. The summed E-state index contributed by atoms with van der Waals surface area (Å²) in [5, 5.41) is 0. The fraction of sp³-hybridized carbons (Fsp3) is 0.900. The lowest BCUT2D eigenvalue weighted by molar-refractivity contribution is 0.315. The fourth-order valence-corrected chi connectivity index (χ4v) is 3.07. The Morgan fingerprint density at radius 3 is 2.17 bits per heavy atom. The van der Waals surface area contributed by atoms with Crippen LogP contribution in [-0.2, 0) is 0 Å². The molecule has 0 amide bonds. The highest BCUT2D eigenvalue weighted by Crippen LogP contribution is 2.55. The lowest BCUT2D eigenvalue weighted by Crippen LogP contribution is -2.30. The first kappa shape index (κ1) is 8.09. The fourth-order valence-electron chi connectivity index (χ4n) is 3.07. The highest BCUT2D eigenvalue weighted by molar-refractivity contribution is 6.04. The van der Waals surface area contributed by atoms with Crippen LogP contribution in [-0.4, -0.2) is 29.4 Å². The van der Waals surface area contributed by atoms with Crippen LogP contribution in [0.4, 0.5) is 0 Å². The topological polar surface area (TPSA) is 15.4 Å². The zero-order chi connectivity index (χ0) is 9.15. The van der Waals surface area contributed by atoms with Crippen molar-refractivity contribution in [1.29, 1.82) is 0 Å². The number of hydrogen-bond acceptors (Lipinski definition) is 1. The normalized spacial score (nSPS) is 38.6. The number of aliphatic imine (C=N–C) groups is 1. The SMILES string of the molecule is CN=C1C2N1C(C)(C)CC2(C)C. The summed E-state index contributed by atoms with van der Waals surface area (Å²) < 4.78 is 0. The van der Waals surface area contributed by atoms with E-state index in [2.05, 4.69) is 37.6 Å². The summed E-state index contributed by atoms with van der Waals surface area (Å²) in [5.74, 6) is 1.32. The van der Waals surface area contributed by atoms with Crippen LogP contribution < -0.4 is 0 Å². The van der Waals surface area contributed by atoms with Gasteiger partial charge >= 0.3 is 0 Å². The third-order valence-corrected chi connectivity index (χ3v) is 3.19. The van der Waals surface area contributed by atoms with E-state index in [1.807, 2.05) is 7.05 Å². The van der Waals surface area contributed by atoms with Gasteiger partial charge in [-0.15, -0.1) is 0 Å². The van der Waals surface area contributed by atoms with E-state index in [4.69, 9.17) is 0 Å². The molecule has 0 spiro atoms. The summed E-state index contributed by atoms with van der Waals surface area (Å²) >= 11 is 0. The maximum Gasteiger partial charge on any atom is 0.123 e.